The lowest BCUT2D eigenvalue weighted by Crippen LogP contribution is -2.14. The number of ether oxygens (including phenoxy) is 1. The van der Waals surface area contributed by atoms with Crippen LogP contribution in [0.15, 0.2) is 30.3 Å². The summed E-state index contributed by atoms with van der Waals surface area (Å²) in [6.07, 6.45) is 2.64. The average molecular weight is 204 g/mol. The van der Waals surface area contributed by atoms with Gasteiger partial charge in [0, 0.05) is 5.92 Å². The van der Waals surface area contributed by atoms with E-state index >= 15 is 0 Å². The van der Waals surface area contributed by atoms with Crippen molar-refractivity contribution in [1.29, 1.82) is 0 Å². The summed E-state index contributed by atoms with van der Waals surface area (Å²) in [6.45, 7) is 2.08. The van der Waals surface area contributed by atoms with E-state index < -0.39 is 0 Å². The SMILES string of the molecule is CC1CC(=O)OC1CCc1ccccc1. The van der Waals surface area contributed by atoms with Crippen molar-refractivity contribution >= 4 is 5.97 Å². The maximum atomic E-state index is 11.1. The molecule has 0 bridgehead atoms. The molecule has 0 spiro atoms. The van der Waals surface area contributed by atoms with Gasteiger partial charge in [-0.3, -0.25) is 4.79 Å². The van der Waals surface area contributed by atoms with Gasteiger partial charge < -0.3 is 4.74 Å². The van der Waals surface area contributed by atoms with Gasteiger partial charge in [-0.15, -0.1) is 0 Å². The van der Waals surface area contributed by atoms with Crippen LogP contribution in [-0.2, 0) is 16.0 Å². The summed E-state index contributed by atoms with van der Waals surface area (Å²) in [5.74, 6) is 0.335. The highest BCUT2D eigenvalue weighted by Gasteiger charge is 2.30. The normalized spacial score (nSPS) is 25.3. The molecule has 0 N–H and O–H groups in total. The lowest BCUT2D eigenvalue weighted by Gasteiger charge is -2.13. The predicted octanol–water partition coefficient (Wildman–Crippen LogP) is 2.57. The quantitative estimate of drug-likeness (QED) is 0.707. The van der Waals surface area contributed by atoms with Gasteiger partial charge in [-0.2, -0.15) is 0 Å². The second-order valence-electron chi connectivity index (χ2n) is 4.23. The van der Waals surface area contributed by atoms with Crippen molar-refractivity contribution in [3.63, 3.8) is 0 Å². The lowest BCUT2D eigenvalue weighted by atomic mass is 9.98. The van der Waals surface area contributed by atoms with Crippen LogP contribution in [0.3, 0.4) is 0 Å². The van der Waals surface area contributed by atoms with E-state index in [4.69, 9.17) is 4.74 Å². The van der Waals surface area contributed by atoms with Gasteiger partial charge in [0.1, 0.15) is 6.10 Å². The lowest BCUT2D eigenvalue weighted by molar-refractivity contribution is -0.141. The zero-order valence-corrected chi connectivity index (χ0v) is 8.98. The minimum atomic E-state index is -0.0411. The summed E-state index contributed by atoms with van der Waals surface area (Å²) in [7, 11) is 0. The second-order valence-corrected chi connectivity index (χ2v) is 4.23. The van der Waals surface area contributed by atoms with E-state index in [9.17, 15) is 4.79 Å². The number of carbonyl (C=O) groups excluding carboxylic acids is 1. The van der Waals surface area contributed by atoms with E-state index in [0.717, 1.165) is 12.8 Å². The van der Waals surface area contributed by atoms with Crippen LogP contribution in [0.2, 0.25) is 0 Å². The fraction of sp³-hybridized carbons (Fsp3) is 0.462. The first kappa shape index (κ1) is 10.2. The first-order valence-electron chi connectivity index (χ1n) is 5.49. The maximum absolute atomic E-state index is 11.1. The highest BCUT2D eigenvalue weighted by atomic mass is 16.5. The third kappa shape index (κ3) is 2.58. The smallest absolute Gasteiger partial charge is 0.306 e. The summed E-state index contributed by atoms with van der Waals surface area (Å²) in [5, 5.41) is 0. The molecule has 0 aromatic heterocycles. The molecule has 2 nitrogen and oxygen atoms in total. The van der Waals surface area contributed by atoms with Crippen molar-refractivity contribution in [2.45, 2.75) is 32.3 Å². The van der Waals surface area contributed by atoms with Crippen LogP contribution in [0.4, 0.5) is 0 Å². The molecule has 15 heavy (non-hydrogen) atoms. The highest BCUT2D eigenvalue weighted by Crippen LogP contribution is 2.25. The summed E-state index contributed by atoms with van der Waals surface area (Å²) in [6, 6.07) is 10.3. The molecule has 0 radical (unpaired) electrons. The molecular formula is C13H16O2. The molecule has 1 aliphatic rings. The summed E-state index contributed by atoms with van der Waals surface area (Å²) in [5.41, 5.74) is 1.31. The molecule has 1 aromatic rings. The van der Waals surface area contributed by atoms with Crippen molar-refractivity contribution in [2.75, 3.05) is 0 Å². The van der Waals surface area contributed by atoms with Crippen molar-refractivity contribution in [1.82, 2.24) is 0 Å². The van der Waals surface area contributed by atoms with Crippen LogP contribution in [0.25, 0.3) is 0 Å². The van der Waals surface area contributed by atoms with E-state index in [1.807, 2.05) is 18.2 Å². The van der Waals surface area contributed by atoms with Crippen LogP contribution >= 0.6 is 0 Å². The van der Waals surface area contributed by atoms with E-state index in [1.54, 1.807) is 0 Å². The molecule has 80 valence electrons. The van der Waals surface area contributed by atoms with E-state index in [-0.39, 0.29) is 12.1 Å². The van der Waals surface area contributed by atoms with E-state index in [2.05, 4.69) is 19.1 Å². The highest BCUT2D eigenvalue weighted by molar-refractivity contribution is 5.71. The second kappa shape index (κ2) is 4.47. The Labute approximate surface area is 90.3 Å². The number of esters is 1. The molecule has 1 saturated heterocycles. The van der Waals surface area contributed by atoms with Crippen molar-refractivity contribution in [3.05, 3.63) is 35.9 Å². The number of cyclic esters (lactones) is 1. The Balaban J connectivity index is 1.86. The molecule has 2 atom stereocenters. The maximum Gasteiger partial charge on any atom is 0.306 e. The van der Waals surface area contributed by atoms with Crippen LogP contribution in [0.1, 0.15) is 25.3 Å². The average Bonchev–Trinajstić information content (AvgIpc) is 2.56. The number of hydrogen-bond donors (Lipinski definition) is 0. The molecular weight excluding hydrogens is 188 g/mol. The minimum Gasteiger partial charge on any atom is -0.462 e. The largest absolute Gasteiger partial charge is 0.462 e. The van der Waals surface area contributed by atoms with Gasteiger partial charge in [-0.25, -0.2) is 0 Å². The molecule has 2 rings (SSSR count). The standard InChI is InChI=1S/C13H16O2/c1-10-9-13(14)15-12(10)8-7-11-5-3-2-4-6-11/h2-6,10,12H,7-9H2,1H3. The first-order valence-corrected chi connectivity index (χ1v) is 5.49. The molecule has 1 heterocycles. The molecule has 2 heteroatoms. The Morgan fingerprint density at radius 2 is 2.07 bits per heavy atom. The van der Waals surface area contributed by atoms with Crippen molar-refractivity contribution in [3.8, 4) is 0 Å². The van der Waals surface area contributed by atoms with Gasteiger partial charge in [0.15, 0.2) is 0 Å². The predicted molar refractivity (Wildman–Crippen MR) is 58.4 cm³/mol. The molecule has 1 aliphatic heterocycles. The monoisotopic (exact) mass is 204 g/mol. The number of rotatable bonds is 3. The van der Waals surface area contributed by atoms with Gasteiger partial charge in [-0.1, -0.05) is 37.3 Å². The van der Waals surface area contributed by atoms with Gasteiger partial charge in [0.25, 0.3) is 0 Å². The fourth-order valence-electron chi connectivity index (χ4n) is 2.02. The molecule has 0 aliphatic carbocycles. The molecule has 2 unspecified atom stereocenters. The van der Waals surface area contributed by atoms with Crippen molar-refractivity contribution < 1.29 is 9.53 Å². The summed E-state index contributed by atoms with van der Waals surface area (Å²) in [4.78, 5) is 11.1. The Bertz CT molecular complexity index is 332. The number of carbonyl (C=O) groups is 1. The number of benzene rings is 1. The van der Waals surface area contributed by atoms with Gasteiger partial charge in [-0.05, 0) is 18.4 Å². The van der Waals surface area contributed by atoms with Gasteiger partial charge in [0.2, 0.25) is 0 Å². The van der Waals surface area contributed by atoms with E-state index in [0.29, 0.717) is 12.3 Å². The minimum absolute atomic E-state index is 0.0411. The van der Waals surface area contributed by atoms with Crippen molar-refractivity contribution in [2.24, 2.45) is 5.92 Å². The third-order valence-electron chi connectivity index (χ3n) is 2.97. The van der Waals surface area contributed by atoms with Gasteiger partial charge in [0.05, 0.1) is 6.42 Å². The third-order valence-corrected chi connectivity index (χ3v) is 2.97. The number of hydrogen-bond acceptors (Lipinski definition) is 2. The Morgan fingerprint density at radius 3 is 2.67 bits per heavy atom. The Hall–Kier alpha value is -1.31. The van der Waals surface area contributed by atoms with Crippen LogP contribution < -0.4 is 0 Å². The molecule has 1 aromatic carbocycles. The molecule has 0 saturated carbocycles. The topological polar surface area (TPSA) is 26.3 Å². The van der Waals surface area contributed by atoms with E-state index in [1.165, 1.54) is 5.56 Å². The van der Waals surface area contributed by atoms with Crippen LogP contribution in [-0.4, -0.2) is 12.1 Å². The van der Waals surface area contributed by atoms with Crippen LogP contribution in [0, 0.1) is 5.92 Å². The fourth-order valence-corrected chi connectivity index (χ4v) is 2.02. The molecule has 1 fully saturated rings. The zero-order valence-electron chi connectivity index (χ0n) is 8.98. The summed E-state index contributed by atoms with van der Waals surface area (Å²) < 4.78 is 5.26. The van der Waals surface area contributed by atoms with Crippen LogP contribution in [0.5, 0.6) is 0 Å². The first-order chi connectivity index (χ1) is 7.25. The summed E-state index contributed by atoms with van der Waals surface area (Å²) >= 11 is 0. The molecule has 0 amide bonds. The van der Waals surface area contributed by atoms with Gasteiger partial charge >= 0.3 is 5.97 Å². The Morgan fingerprint density at radius 1 is 1.33 bits per heavy atom. The Kier molecular flexibility index (Phi) is 3.05. The zero-order chi connectivity index (χ0) is 10.7. The number of aryl methyl sites for hydroxylation is 1.